The van der Waals surface area contributed by atoms with Crippen molar-refractivity contribution >= 4 is 21.4 Å². The van der Waals surface area contributed by atoms with Crippen molar-refractivity contribution < 1.29 is 13.2 Å². The third-order valence-electron chi connectivity index (χ3n) is 3.37. The summed E-state index contributed by atoms with van der Waals surface area (Å²) in [4.78, 5) is 4.06. The van der Waals surface area contributed by atoms with Gasteiger partial charge >= 0.3 is 0 Å². The summed E-state index contributed by atoms with van der Waals surface area (Å²) in [5.41, 5.74) is 0.807. The number of hydrogen-bond donors (Lipinski definition) is 0. The molecule has 0 amide bonds. The van der Waals surface area contributed by atoms with E-state index in [9.17, 15) is 8.42 Å². The van der Waals surface area contributed by atoms with Crippen LogP contribution in [0.4, 0.5) is 0 Å². The number of ether oxygens (including phenoxy) is 1. The standard InChI is InChI=1S/C14H16N2O3S2/c17-21(18,11-12-4-2-1-3-5-12)16-8-6-13(10-16)19-14-15-7-9-20-14/h1-5,7,9,13H,6,8,10-11H2. The molecule has 1 unspecified atom stereocenters. The van der Waals surface area contributed by atoms with Crippen LogP contribution in [0.3, 0.4) is 0 Å². The molecule has 1 aromatic carbocycles. The minimum absolute atomic E-state index is 0.0395. The molecule has 0 N–H and O–H groups in total. The first-order valence-electron chi connectivity index (χ1n) is 6.71. The zero-order valence-corrected chi connectivity index (χ0v) is 13.0. The van der Waals surface area contributed by atoms with Gasteiger partial charge in [0.05, 0.1) is 12.3 Å². The molecule has 1 saturated heterocycles. The smallest absolute Gasteiger partial charge is 0.273 e. The normalized spacial score (nSPS) is 19.7. The average Bonchev–Trinajstić information content (AvgIpc) is 3.12. The van der Waals surface area contributed by atoms with Crippen molar-refractivity contribution in [3.63, 3.8) is 0 Å². The highest BCUT2D eigenvalue weighted by Crippen LogP contribution is 2.23. The SMILES string of the molecule is O=S(=O)(Cc1ccccc1)N1CCC(Oc2nccs2)C1. The summed E-state index contributed by atoms with van der Waals surface area (Å²) in [6.07, 6.45) is 2.27. The maximum atomic E-state index is 12.4. The lowest BCUT2D eigenvalue weighted by atomic mass is 10.2. The number of aromatic nitrogens is 1. The lowest BCUT2D eigenvalue weighted by Gasteiger charge is -2.16. The van der Waals surface area contributed by atoms with Gasteiger partial charge in [0.2, 0.25) is 10.0 Å². The highest BCUT2D eigenvalue weighted by molar-refractivity contribution is 7.88. The third-order valence-corrected chi connectivity index (χ3v) is 5.85. The summed E-state index contributed by atoms with van der Waals surface area (Å²) >= 11 is 1.42. The molecule has 0 bridgehead atoms. The summed E-state index contributed by atoms with van der Waals surface area (Å²) in [6, 6.07) is 9.24. The van der Waals surface area contributed by atoms with E-state index in [1.54, 1.807) is 6.20 Å². The molecule has 3 rings (SSSR count). The van der Waals surface area contributed by atoms with Gasteiger partial charge in [0.15, 0.2) is 0 Å². The van der Waals surface area contributed by atoms with Crippen molar-refractivity contribution in [1.82, 2.24) is 9.29 Å². The number of thiazole rings is 1. The fourth-order valence-corrected chi connectivity index (χ4v) is 4.46. The van der Waals surface area contributed by atoms with E-state index in [-0.39, 0.29) is 11.9 Å². The molecule has 2 heterocycles. The zero-order valence-electron chi connectivity index (χ0n) is 11.4. The first kappa shape index (κ1) is 14.5. The monoisotopic (exact) mass is 324 g/mol. The second-order valence-corrected chi connectivity index (χ2v) is 7.75. The van der Waals surface area contributed by atoms with Crippen LogP contribution < -0.4 is 4.74 Å². The van der Waals surface area contributed by atoms with Crippen LogP contribution in [0.1, 0.15) is 12.0 Å². The largest absolute Gasteiger partial charge is 0.465 e. The van der Waals surface area contributed by atoms with Gasteiger partial charge in [0, 0.05) is 18.1 Å². The molecule has 0 saturated carbocycles. The second kappa shape index (κ2) is 6.13. The quantitative estimate of drug-likeness (QED) is 0.845. The van der Waals surface area contributed by atoms with Crippen LogP contribution in [0.2, 0.25) is 0 Å². The van der Waals surface area contributed by atoms with Crippen molar-refractivity contribution in [3.8, 4) is 5.19 Å². The number of nitrogens with zero attached hydrogens (tertiary/aromatic N) is 2. The summed E-state index contributed by atoms with van der Waals surface area (Å²) in [5, 5.41) is 2.44. The summed E-state index contributed by atoms with van der Waals surface area (Å²) in [6.45, 7) is 0.903. The van der Waals surface area contributed by atoms with E-state index in [2.05, 4.69) is 4.98 Å². The molecular formula is C14H16N2O3S2. The van der Waals surface area contributed by atoms with Crippen LogP contribution >= 0.6 is 11.3 Å². The van der Waals surface area contributed by atoms with Crippen LogP contribution in [-0.2, 0) is 15.8 Å². The molecule has 1 atom stereocenters. The minimum Gasteiger partial charge on any atom is -0.465 e. The molecule has 5 nitrogen and oxygen atoms in total. The van der Waals surface area contributed by atoms with Gasteiger partial charge in [-0.05, 0) is 12.0 Å². The van der Waals surface area contributed by atoms with Crippen molar-refractivity contribution in [2.75, 3.05) is 13.1 Å². The van der Waals surface area contributed by atoms with Gasteiger partial charge in [-0.1, -0.05) is 41.7 Å². The Morgan fingerprint density at radius 3 is 2.86 bits per heavy atom. The summed E-state index contributed by atoms with van der Waals surface area (Å²) in [7, 11) is -3.29. The average molecular weight is 324 g/mol. The van der Waals surface area contributed by atoms with Crippen LogP contribution in [0.5, 0.6) is 5.19 Å². The molecule has 1 fully saturated rings. The first-order valence-corrected chi connectivity index (χ1v) is 9.20. The van der Waals surface area contributed by atoms with E-state index in [0.29, 0.717) is 24.7 Å². The van der Waals surface area contributed by atoms with Gasteiger partial charge in [-0.3, -0.25) is 0 Å². The second-order valence-electron chi connectivity index (χ2n) is 4.93. The predicted molar refractivity (Wildman–Crippen MR) is 81.8 cm³/mol. The van der Waals surface area contributed by atoms with Crippen LogP contribution in [0.15, 0.2) is 41.9 Å². The van der Waals surface area contributed by atoms with Gasteiger partial charge in [-0.15, -0.1) is 0 Å². The van der Waals surface area contributed by atoms with Crippen molar-refractivity contribution in [3.05, 3.63) is 47.5 Å². The Bertz CT molecular complexity index is 672. The van der Waals surface area contributed by atoms with E-state index in [0.717, 1.165) is 5.56 Å². The predicted octanol–water partition coefficient (Wildman–Crippen LogP) is 2.13. The Kier molecular flexibility index (Phi) is 4.23. The third kappa shape index (κ3) is 3.61. The lowest BCUT2D eigenvalue weighted by molar-refractivity contribution is 0.214. The van der Waals surface area contributed by atoms with Gasteiger partial charge in [-0.2, -0.15) is 4.31 Å². The Hall–Kier alpha value is -1.44. The van der Waals surface area contributed by atoms with Crippen LogP contribution in [0.25, 0.3) is 0 Å². The van der Waals surface area contributed by atoms with Crippen LogP contribution in [0, 0.1) is 0 Å². The van der Waals surface area contributed by atoms with Gasteiger partial charge in [0.25, 0.3) is 5.19 Å². The van der Waals surface area contributed by atoms with E-state index < -0.39 is 10.0 Å². The van der Waals surface area contributed by atoms with E-state index in [1.807, 2.05) is 35.7 Å². The first-order chi connectivity index (χ1) is 10.1. The maximum absolute atomic E-state index is 12.4. The summed E-state index contributed by atoms with van der Waals surface area (Å²) in [5.74, 6) is 0.0395. The number of hydrogen-bond acceptors (Lipinski definition) is 5. The Labute approximate surface area is 128 Å². The van der Waals surface area contributed by atoms with Crippen molar-refractivity contribution in [2.24, 2.45) is 0 Å². The van der Waals surface area contributed by atoms with E-state index >= 15 is 0 Å². The number of rotatable bonds is 5. The van der Waals surface area contributed by atoms with Gasteiger partial charge in [-0.25, -0.2) is 13.4 Å². The molecular weight excluding hydrogens is 308 g/mol. The number of sulfonamides is 1. The molecule has 112 valence electrons. The molecule has 7 heteroatoms. The molecule has 1 aliphatic rings. The highest BCUT2D eigenvalue weighted by Gasteiger charge is 2.32. The maximum Gasteiger partial charge on any atom is 0.273 e. The van der Waals surface area contributed by atoms with Crippen LogP contribution in [-0.4, -0.2) is 36.9 Å². The zero-order chi connectivity index (χ0) is 14.7. The van der Waals surface area contributed by atoms with E-state index in [1.165, 1.54) is 15.6 Å². The fourth-order valence-electron chi connectivity index (χ4n) is 2.33. The Morgan fingerprint density at radius 2 is 2.14 bits per heavy atom. The Morgan fingerprint density at radius 1 is 1.33 bits per heavy atom. The fraction of sp³-hybridized carbons (Fsp3) is 0.357. The highest BCUT2D eigenvalue weighted by atomic mass is 32.2. The summed E-state index contributed by atoms with van der Waals surface area (Å²) < 4.78 is 32.0. The van der Waals surface area contributed by atoms with Crippen molar-refractivity contribution in [2.45, 2.75) is 18.3 Å². The molecule has 21 heavy (non-hydrogen) atoms. The minimum atomic E-state index is -3.29. The molecule has 1 aliphatic heterocycles. The number of benzene rings is 1. The van der Waals surface area contributed by atoms with Crippen molar-refractivity contribution in [1.29, 1.82) is 0 Å². The molecule has 0 spiro atoms. The molecule has 0 aliphatic carbocycles. The van der Waals surface area contributed by atoms with Gasteiger partial charge < -0.3 is 4.74 Å². The van der Waals surface area contributed by atoms with Gasteiger partial charge in [0.1, 0.15) is 6.10 Å². The lowest BCUT2D eigenvalue weighted by Crippen LogP contribution is -2.32. The topological polar surface area (TPSA) is 59.5 Å². The molecule has 0 radical (unpaired) electrons. The molecule has 1 aromatic heterocycles. The van der Waals surface area contributed by atoms with E-state index in [4.69, 9.17) is 4.74 Å². The Balaban J connectivity index is 1.62. The molecule has 2 aromatic rings.